The van der Waals surface area contributed by atoms with Crippen molar-refractivity contribution in [3.63, 3.8) is 0 Å². The molecule has 2 aromatic carbocycles. The first kappa shape index (κ1) is 21.0. The molecule has 2 saturated heterocycles. The lowest BCUT2D eigenvalue weighted by atomic mass is 9.68. The molecular formula is C25H23Cl2FO3. The van der Waals surface area contributed by atoms with E-state index in [0.29, 0.717) is 28.7 Å². The predicted octanol–water partition coefficient (Wildman–Crippen LogP) is 6.79. The van der Waals surface area contributed by atoms with Crippen LogP contribution in [0, 0.1) is 17.7 Å². The van der Waals surface area contributed by atoms with Crippen molar-refractivity contribution in [1.82, 2.24) is 0 Å². The number of aliphatic hydroxyl groups excluding tert-OH is 1. The number of benzene rings is 2. The number of halogens is 3. The number of hydrogen-bond donors (Lipinski definition) is 1. The van der Waals surface area contributed by atoms with Crippen LogP contribution >= 0.6 is 23.2 Å². The monoisotopic (exact) mass is 460 g/mol. The zero-order valence-corrected chi connectivity index (χ0v) is 19.1. The van der Waals surface area contributed by atoms with Gasteiger partial charge in [0.2, 0.25) is 0 Å². The molecule has 0 amide bonds. The molecule has 4 atom stereocenters. The molecule has 0 radical (unpaired) electrons. The standard InChI is InChI=1S/C25H23Cl2FO3/c1-4-12-5-6-13(14-7-8-16(26)20(27)21(14)28)11-15(12)17-22(29)18-19(23(17)30)25(3)10-9-24(18,2)31-25/h5-8,11,18-19,29H,4,9-10H2,1-3H3/t18-,19+,24?,25?/m1/s1. The Labute approximate surface area is 190 Å². The van der Waals surface area contributed by atoms with Gasteiger partial charge in [0.25, 0.3) is 0 Å². The van der Waals surface area contributed by atoms with Gasteiger partial charge in [-0.25, -0.2) is 4.39 Å². The minimum atomic E-state index is -0.608. The topological polar surface area (TPSA) is 46.5 Å². The third-order valence-corrected chi connectivity index (χ3v) is 8.20. The molecule has 6 heteroatoms. The van der Waals surface area contributed by atoms with E-state index in [-0.39, 0.29) is 27.5 Å². The van der Waals surface area contributed by atoms with Gasteiger partial charge in [-0.2, -0.15) is 0 Å². The fraction of sp³-hybridized carbons (Fsp3) is 0.400. The van der Waals surface area contributed by atoms with E-state index >= 15 is 0 Å². The number of aliphatic hydroxyl groups is 1. The maximum atomic E-state index is 14.8. The first-order valence-electron chi connectivity index (χ1n) is 10.6. The van der Waals surface area contributed by atoms with Crippen LogP contribution in [0.25, 0.3) is 16.7 Å². The summed E-state index contributed by atoms with van der Waals surface area (Å²) in [6, 6.07) is 8.58. The molecule has 2 heterocycles. The van der Waals surface area contributed by atoms with Crippen LogP contribution in [0.4, 0.5) is 4.39 Å². The highest BCUT2D eigenvalue weighted by Gasteiger charge is 2.69. The van der Waals surface area contributed by atoms with Crippen LogP contribution in [-0.4, -0.2) is 22.1 Å². The second-order valence-electron chi connectivity index (χ2n) is 9.26. The Morgan fingerprint density at radius 3 is 2.42 bits per heavy atom. The molecule has 0 saturated carbocycles. The minimum Gasteiger partial charge on any atom is -0.511 e. The first-order chi connectivity index (χ1) is 14.6. The van der Waals surface area contributed by atoms with Gasteiger partial charge in [-0.3, -0.25) is 4.79 Å². The summed E-state index contributed by atoms with van der Waals surface area (Å²) in [6.45, 7) is 5.95. The van der Waals surface area contributed by atoms with Crippen LogP contribution in [0.2, 0.25) is 10.0 Å². The summed E-state index contributed by atoms with van der Waals surface area (Å²) in [6.07, 6.45) is 2.28. The summed E-state index contributed by atoms with van der Waals surface area (Å²) >= 11 is 12.0. The molecule has 2 aliphatic heterocycles. The van der Waals surface area contributed by atoms with Crippen molar-refractivity contribution in [3.8, 4) is 11.1 Å². The van der Waals surface area contributed by atoms with Gasteiger partial charge in [0.15, 0.2) is 11.6 Å². The maximum Gasteiger partial charge on any atom is 0.173 e. The van der Waals surface area contributed by atoms with Gasteiger partial charge in [-0.1, -0.05) is 42.3 Å². The molecule has 2 aromatic rings. The zero-order valence-electron chi connectivity index (χ0n) is 17.6. The number of aryl methyl sites for hydroxylation is 1. The number of ketones is 1. The Kier molecular flexibility index (Phi) is 4.61. The lowest BCUT2D eigenvalue weighted by Crippen LogP contribution is -2.39. The molecule has 31 heavy (non-hydrogen) atoms. The third kappa shape index (κ3) is 2.78. The summed E-state index contributed by atoms with van der Waals surface area (Å²) in [5.74, 6) is -1.33. The number of carbonyl (C=O) groups is 1. The van der Waals surface area contributed by atoms with Crippen molar-refractivity contribution in [3.05, 3.63) is 63.1 Å². The van der Waals surface area contributed by atoms with E-state index in [2.05, 4.69) is 0 Å². The van der Waals surface area contributed by atoms with Crippen molar-refractivity contribution in [2.24, 2.45) is 11.8 Å². The number of hydrogen-bond acceptors (Lipinski definition) is 3. The van der Waals surface area contributed by atoms with Crippen LogP contribution in [0.3, 0.4) is 0 Å². The zero-order chi connectivity index (χ0) is 22.3. The largest absolute Gasteiger partial charge is 0.511 e. The number of Topliss-reactive ketones (excluding diaryl/α,β-unsaturated/α-hetero) is 1. The lowest BCUT2D eigenvalue weighted by molar-refractivity contribution is -0.121. The molecule has 5 rings (SSSR count). The van der Waals surface area contributed by atoms with Crippen LogP contribution < -0.4 is 0 Å². The highest BCUT2D eigenvalue weighted by Crippen LogP contribution is 2.63. The summed E-state index contributed by atoms with van der Waals surface area (Å²) < 4.78 is 21.1. The van der Waals surface area contributed by atoms with E-state index in [0.717, 1.165) is 18.4 Å². The minimum absolute atomic E-state index is 0.0881. The van der Waals surface area contributed by atoms with E-state index in [4.69, 9.17) is 27.9 Å². The number of allylic oxidation sites excluding steroid dienone is 1. The van der Waals surface area contributed by atoms with Gasteiger partial charge in [-0.05, 0) is 68.0 Å². The quantitative estimate of drug-likeness (QED) is 0.512. The molecule has 1 aliphatic carbocycles. The van der Waals surface area contributed by atoms with Crippen LogP contribution in [-0.2, 0) is 16.0 Å². The molecule has 2 unspecified atom stereocenters. The molecule has 2 fully saturated rings. The van der Waals surface area contributed by atoms with Gasteiger partial charge < -0.3 is 9.84 Å². The van der Waals surface area contributed by atoms with E-state index in [9.17, 15) is 14.3 Å². The fourth-order valence-electron chi connectivity index (χ4n) is 5.89. The van der Waals surface area contributed by atoms with Crippen LogP contribution in [0.1, 0.15) is 44.7 Å². The van der Waals surface area contributed by atoms with E-state index in [1.54, 1.807) is 24.3 Å². The number of fused-ring (bicyclic) bond motifs is 5. The van der Waals surface area contributed by atoms with Crippen molar-refractivity contribution >= 4 is 34.6 Å². The molecule has 0 aromatic heterocycles. The van der Waals surface area contributed by atoms with Crippen LogP contribution in [0.15, 0.2) is 36.1 Å². The van der Waals surface area contributed by atoms with Crippen molar-refractivity contribution in [1.29, 1.82) is 0 Å². The Morgan fingerprint density at radius 1 is 1.10 bits per heavy atom. The molecule has 3 nitrogen and oxygen atoms in total. The Hall–Kier alpha value is -1.88. The smallest absolute Gasteiger partial charge is 0.173 e. The average molecular weight is 461 g/mol. The Morgan fingerprint density at radius 2 is 1.77 bits per heavy atom. The van der Waals surface area contributed by atoms with Gasteiger partial charge in [-0.15, -0.1) is 0 Å². The average Bonchev–Trinajstić information content (AvgIpc) is 3.29. The molecule has 0 spiro atoms. The second-order valence-corrected chi connectivity index (χ2v) is 10.0. The van der Waals surface area contributed by atoms with E-state index in [1.165, 1.54) is 0 Å². The van der Waals surface area contributed by atoms with Gasteiger partial charge in [0.1, 0.15) is 5.76 Å². The summed E-state index contributed by atoms with van der Waals surface area (Å²) in [5.41, 5.74) is 1.68. The second kappa shape index (κ2) is 6.81. The van der Waals surface area contributed by atoms with Gasteiger partial charge >= 0.3 is 0 Å². The normalized spacial score (nSPS) is 31.6. The molecule has 1 N–H and O–H groups in total. The summed E-state index contributed by atoms with van der Waals surface area (Å²) in [7, 11) is 0. The molecule has 2 bridgehead atoms. The third-order valence-electron chi connectivity index (χ3n) is 7.42. The lowest BCUT2D eigenvalue weighted by Gasteiger charge is -2.30. The molecular weight excluding hydrogens is 438 g/mol. The SMILES string of the molecule is CCc1ccc(-c2ccc(Cl)c(Cl)c2F)cc1C1=C(O)[C@H]2[C@@H](C1=O)C1(C)CCC2(C)O1. The summed E-state index contributed by atoms with van der Waals surface area (Å²) in [5, 5.41) is 11.3. The summed E-state index contributed by atoms with van der Waals surface area (Å²) in [4.78, 5) is 13.6. The molecule has 3 aliphatic rings. The van der Waals surface area contributed by atoms with E-state index in [1.807, 2.05) is 26.8 Å². The first-order valence-corrected chi connectivity index (χ1v) is 11.3. The highest BCUT2D eigenvalue weighted by molar-refractivity contribution is 6.42. The highest BCUT2D eigenvalue weighted by atomic mass is 35.5. The van der Waals surface area contributed by atoms with Crippen molar-refractivity contribution in [2.75, 3.05) is 0 Å². The fourth-order valence-corrected chi connectivity index (χ4v) is 6.20. The van der Waals surface area contributed by atoms with Gasteiger partial charge in [0.05, 0.1) is 38.7 Å². The predicted molar refractivity (Wildman–Crippen MR) is 120 cm³/mol. The number of carbonyl (C=O) groups excluding carboxylic acids is 1. The number of ether oxygens (including phenoxy) is 1. The van der Waals surface area contributed by atoms with E-state index < -0.39 is 22.9 Å². The number of rotatable bonds is 3. The maximum absolute atomic E-state index is 14.8. The van der Waals surface area contributed by atoms with Crippen molar-refractivity contribution < 1.29 is 19.0 Å². The van der Waals surface area contributed by atoms with Crippen LogP contribution in [0.5, 0.6) is 0 Å². The Bertz CT molecular complexity index is 1170. The van der Waals surface area contributed by atoms with Gasteiger partial charge in [0, 0.05) is 5.56 Å². The molecule has 162 valence electrons. The Balaban J connectivity index is 1.68. The van der Waals surface area contributed by atoms with Crippen molar-refractivity contribution in [2.45, 2.75) is 51.2 Å².